The Kier molecular flexibility index (Phi) is 5.14. The lowest BCUT2D eigenvalue weighted by Crippen LogP contribution is -2.41. The van der Waals surface area contributed by atoms with Crippen LogP contribution in [0.25, 0.3) is 0 Å². The molecule has 0 amide bonds. The van der Waals surface area contributed by atoms with E-state index in [4.69, 9.17) is 9.84 Å². The molecule has 0 heterocycles. The third kappa shape index (κ3) is 3.98. The largest absolute Gasteiger partial charge is 0.496 e. The normalized spacial score (nSPS) is 16.1. The van der Waals surface area contributed by atoms with Crippen LogP contribution < -0.4 is 10.1 Å². The van der Waals surface area contributed by atoms with Gasteiger partial charge in [0.1, 0.15) is 5.75 Å². The van der Waals surface area contributed by atoms with Gasteiger partial charge in [0.15, 0.2) is 0 Å². The number of hydrogen-bond donors (Lipinski definition) is 3. The van der Waals surface area contributed by atoms with E-state index < -0.39 is 5.60 Å². The molecule has 0 spiro atoms. The second-order valence-electron chi connectivity index (χ2n) is 5.00. The van der Waals surface area contributed by atoms with E-state index in [1.807, 2.05) is 26.0 Å². The molecule has 3 N–H and O–H groups in total. The van der Waals surface area contributed by atoms with Gasteiger partial charge in [-0.15, -0.1) is 0 Å². The van der Waals surface area contributed by atoms with E-state index in [1.54, 1.807) is 14.0 Å². The summed E-state index contributed by atoms with van der Waals surface area (Å²) in [7, 11) is 1.64. The van der Waals surface area contributed by atoms with E-state index in [0.717, 1.165) is 16.9 Å². The first kappa shape index (κ1) is 15.0. The summed E-state index contributed by atoms with van der Waals surface area (Å²) in [6.45, 7) is 5.68. The number of nitrogens with one attached hydrogen (secondary N) is 1. The topological polar surface area (TPSA) is 61.7 Å². The van der Waals surface area contributed by atoms with Crippen molar-refractivity contribution in [1.82, 2.24) is 5.32 Å². The van der Waals surface area contributed by atoms with E-state index in [-0.39, 0.29) is 12.6 Å². The summed E-state index contributed by atoms with van der Waals surface area (Å²) in [5.74, 6) is 0.823. The van der Waals surface area contributed by atoms with Gasteiger partial charge in [0.2, 0.25) is 0 Å². The van der Waals surface area contributed by atoms with Crippen LogP contribution in [0.2, 0.25) is 0 Å². The summed E-state index contributed by atoms with van der Waals surface area (Å²) >= 11 is 0. The molecule has 4 nitrogen and oxygen atoms in total. The number of hydrogen-bond acceptors (Lipinski definition) is 4. The zero-order valence-electron chi connectivity index (χ0n) is 11.5. The molecule has 0 bridgehead atoms. The minimum absolute atomic E-state index is 0.0397. The Bertz CT molecular complexity index is 391. The molecule has 0 aromatic heterocycles. The van der Waals surface area contributed by atoms with Gasteiger partial charge in [-0.05, 0) is 26.8 Å². The van der Waals surface area contributed by atoms with Crippen LogP contribution in [0.3, 0.4) is 0 Å². The van der Waals surface area contributed by atoms with Crippen LogP contribution in [-0.4, -0.2) is 36.1 Å². The maximum atomic E-state index is 9.76. The van der Waals surface area contributed by atoms with Crippen molar-refractivity contribution in [3.05, 3.63) is 29.3 Å². The van der Waals surface area contributed by atoms with Gasteiger partial charge in [0.05, 0.1) is 19.3 Å². The first-order chi connectivity index (χ1) is 8.39. The Morgan fingerprint density at radius 2 is 2.11 bits per heavy atom. The van der Waals surface area contributed by atoms with E-state index >= 15 is 0 Å². The molecule has 4 heteroatoms. The molecule has 1 aromatic carbocycles. The summed E-state index contributed by atoms with van der Waals surface area (Å²) in [6.07, 6.45) is 0. The quantitative estimate of drug-likeness (QED) is 0.717. The van der Waals surface area contributed by atoms with Crippen LogP contribution in [-0.2, 0) is 0 Å². The van der Waals surface area contributed by atoms with Gasteiger partial charge in [-0.3, -0.25) is 0 Å². The SMILES string of the molecule is COc1ccc(C)cc1C(C)NCC(C)(O)CO. The lowest BCUT2D eigenvalue weighted by Gasteiger charge is -2.25. The Hall–Kier alpha value is -1.10. The zero-order chi connectivity index (χ0) is 13.8. The number of aliphatic hydroxyl groups is 2. The minimum atomic E-state index is -1.11. The number of aryl methyl sites for hydroxylation is 1. The lowest BCUT2D eigenvalue weighted by molar-refractivity contribution is 0.00101. The molecule has 18 heavy (non-hydrogen) atoms. The Balaban J connectivity index is 2.77. The van der Waals surface area contributed by atoms with Crippen LogP contribution in [0.1, 0.15) is 31.0 Å². The minimum Gasteiger partial charge on any atom is -0.496 e. The molecule has 1 aromatic rings. The van der Waals surface area contributed by atoms with Crippen molar-refractivity contribution in [2.75, 3.05) is 20.3 Å². The highest BCUT2D eigenvalue weighted by atomic mass is 16.5. The molecule has 0 saturated heterocycles. The second kappa shape index (κ2) is 6.18. The second-order valence-corrected chi connectivity index (χ2v) is 5.00. The van der Waals surface area contributed by atoms with Crippen molar-refractivity contribution >= 4 is 0 Å². The highest BCUT2D eigenvalue weighted by Gasteiger charge is 2.20. The predicted molar refractivity (Wildman–Crippen MR) is 71.9 cm³/mol. The molecule has 2 unspecified atom stereocenters. The fraction of sp³-hybridized carbons (Fsp3) is 0.571. The molecule has 0 fully saturated rings. The molecule has 2 atom stereocenters. The zero-order valence-corrected chi connectivity index (χ0v) is 11.5. The molecule has 0 radical (unpaired) electrons. The number of ether oxygens (including phenoxy) is 1. The first-order valence-corrected chi connectivity index (χ1v) is 6.11. The molecule has 0 aliphatic rings. The van der Waals surface area contributed by atoms with Gasteiger partial charge in [-0.1, -0.05) is 17.7 Å². The number of methoxy groups -OCH3 is 1. The van der Waals surface area contributed by atoms with Crippen LogP contribution in [0.15, 0.2) is 18.2 Å². The Labute approximate surface area is 109 Å². The molecular weight excluding hydrogens is 230 g/mol. The third-order valence-corrected chi connectivity index (χ3v) is 2.98. The van der Waals surface area contributed by atoms with Crippen LogP contribution in [0.5, 0.6) is 5.75 Å². The van der Waals surface area contributed by atoms with Crippen molar-refractivity contribution in [2.45, 2.75) is 32.4 Å². The van der Waals surface area contributed by atoms with E-state index in [2.05, 4.69) is 11.4 Å². The number of rotatable bonds is 6. The van der Waals surface area contributed by atoms with Gasteiger partial charge in [0, 0.05) is 18.2 Å². The first-order valence-electron chi connectivity index (χ1n) is 6.11. The third-order valence-electron chi connectivity index (χ3n) is 2.98. The number of aliphatic hydroxyl groups excluding tert-OH is 1. The van der Waals surface area contributed by atoms with E-state index in [9.17, 15) is 5.11 Å². The van der Waals surface area contributed by atoms with Crippen molar-refractivity contribution in [3.8, 4) is 5.75 Å². The molecule has 1 rings (SSSR count). The standard InChI is InChI=1S/C14H23NO3/c1-10-5-6-13(18-4)12(7-10)11(2)15-8-14(3,17)9-16/h5-7,11,15-17H,8-9H2,1-4H3. The highest BCUT2D eigenvalue weighted by molar-refractivity contribution is 5.38. The monoisotopic (exact) mass is 253 g/mol. The van der Waals surface area contributed by atoms with E-state index in [0.29, 0.717) is 6.54 Å². The van der Waals surface area contributed by atoms with Crippen molar-refractivity contribution < 1.29 is 14.9 Å². The summed E-state index contributed by atoms with van der Waals surface area (Å²) in [6, 6.07) is 6.04. The average molecular weight is 253 g/mol. The van der Waals surface area contributed by atoms with Gasteiger partial charge in [-0.25, -0.2) is 0 Å². The fourth-order valence-corrected chi connectivity index (χ4v) is 1.73. The van der Waals surface area contributed by atoms with Gasteiger partial charge >= 0.3 is 0 Å². The number of benzene rings is 1. The summed E-state index contributed by atoms with van der Waals surface area (Å²) < 4.78 is 5.33. The highest BCUT2D eigenvalue weighted by Crippen LogP contribution is 2.26. The van der Waals surface area contributed by atoms with Crippen LogP contribution >= 0.6 is 0 Å². The summed E-state index contributed by atoms with van der Waals surface area (Å²) in [5, 5.41) is 22.0. The molecule has 0 saturated carbocycles. The molecular formula is C14H23NO3. The van der Waals surface area contributed by atoms with Crippen molar-refractivity contribution in [3.63, 3.8) is 0 Å². The van der Waals surface area contributed by atoms with Gasteiger partial charge in [0.25, 0.3) is 0 Å². The molecule has 0 aliphatic carbocycles. The summed E-state index contributed by atoms with van der Waals surface area (Å²) in [5.41, 5.74) is 1.10. The average Bonchev–Trinajstić information content (AvgIpc) is 2.36. The maximum absolute atomic E-state index is 9.76. The maximum Gasteiger partial charge on any atom is 0.123 e. The Morgan fingerprint density at radius 3 is 2.67 bits per heavy atom. The van der Waals surface area contributed by atoms with E-state index in [1.165, 1.54) is 0 Å². The lowest BCUT2D eigenvalue weighted by atomic mass is 10.0. The van der Waals surface area contributed by atoms with Crippen LogP contribution in [0.4, 0.5) is 0 Å². The Morgan fingerprint density at radius 1 is 1.44 bits per heavy atom. The molecule has 102 valence electrons. The van der Waals surface area contributed by atoms with Gasteiger partial charge in [-0.2, -0.15) is 0 Å². The van der Waals surface area contributed by atoms with Crippen molar-refractivity contribution in [2.24, 2.45) is 0 Å². The summed E-state index contributed by atoms with van der Waals surface area (Å²) in [4.78, 5) is 0. The smallest absolute Gasteiger partial charge is 0.123 e. The van der Waals surface area contributed by atoms with Crippen molar-refractivity contribution in [1.29, 1.82) is 0 Å². The van der Waals surface area contributed by atoms with Crippen LogP contribution in [0, 0.1) is 6.92 Å². The predicted octanol–water partition coefficient (Wildman–Crippen LogP) is 1.40. The van der Waals surface area contributed by atoms with Gasteiger partial charge < -0.3 is 20.3 Å². The molecule has 0 aliphatic heterocycles. The fourth-order valence-electron chi connectivity index (χ4n) is 1.73.